The Morgan fingerprint density at radius 3 is 2.96 bits per heavy atom. The molecule has 2 aromatic rings. The van der Waals surface area contributed by atoms with Crippen LogP contribution >= 0.6 is 0 Å². The van der Waals surface area contributed by atoms with Crippen molar-refractivity contribution >= 4 is 11.6 Å². The average Bonchev–Trinajstić information content (AvgIpc) is 3.12. The van der Waals surface area contributed by atoms with Crippen LogP contribution < -0.4 is 20.5 Å². The van der Waals surface area contributed by atoms with Gasteiger partial charge in [0.2, 0.25) is 5.91 Å². The number of aromatic nitrogens is 2. The number of carbonyl (C=O) groups is 1. The number of nitrogens with one attached hydrogen (secondary N) is 1. The molecule has 1 saturated heterocycles. The summed E-state index contributed by atoms with van der Waals surface area (Å²) in [5, 5.41) is 7.08. The number of hydrogen-bond donors (Lipinski definition) is 1. The summed E-state index contributed by atoms with van der Waals surface area (Å²) in [7, 11) is 3.24. The van der Waals surface area contributed by atoms with Crippen LogP contribution in [0.15, 0.2) is 41.3 Å². The van der Waals surface area contributed by atoms with Crippen molar-refractivity contribution < 1.29 is 9.53 Å². The minimum atomic E-state index is -0.115. The number of amides is 1. The maximum Gasteiger partial charge on any atom is 0.268 e. The van der Waals surface area contributed by atoms with Gasteiger partial charge in [0.25, 0.3) is 5.56 Å². The highest BCUT2D eigenvalue weighted by atomic mass is 16.5. The quantitative estimate of drug-likeness (QED) is 0.835. The molecule has 1 aliphatic heterocycles. The Hall–Kier alpha value is -2.83. The molecule has 138 valence electrons. The van der Waals surface area contributed by atoms with Gasteiger partial charge < -0.3 is 15.0 Å². The molecule has 1 aliphatic rings. The molecule has 26 heavy (non-hydrogen) atoms. The van der Waals surface area contributed by atoms with Gasteiger partial charge in [-0.2, -0.15) is 5.10 Å². The average molecular weight is 356 g/mol. The molecule has 0 spiro atoms. The third-order valence-electron chi connectivity index (χ3n) is 4.74. The zero-order chi connectivity index (χ0) is 18.5. The van der Waals surface area contributed by atoms with E-state index in [1.165, 1.54) is 4.68 Å². The predicted octanol–water partition coefficient (Wildman–Crippen LogP) is 0.974. The Morgan fingerprint density at radius 1 is 1.38 bits per heavy atom. The molecular formula is C19H24N4O3. The van der Waals surface area contributed by atoms with Crippen molar-refractivity contribution in [3.05, 3.63) is 52.4 Å². The summed E-state index contributed by atoms with van der Waals surface area (Å²) in [5.74, 6) is 1.08. The second-order valence-electron chi connectivity index (χ2n) is 6.57. The second-order valence-corrected chi connectivity index (χ2v) is 6.57. The fraction of sp³-hybridized carbons (Fsp3) is 0.421. The summed E-state index contributed by atoms with van der Waals surface area (Å²) in [6.45, 7) is 2.30. The van der Waals surface area contributed by atoms with E-state index < -0.39 is 0 Å². The van der Waals surface area contributed by atoms with Gasteiger partial charge in [0, 0.05) is 38.3 Å². The molecule has 2 heterocycles. The topological polar surface area (TPSA) is 76.5 Å². The SMILES string of the molecule is COc1ccccc1CC(=O)NC[C@H]1CCN(c2cnn(C)c(=O)c2)C1. The van der Waals surface area contributed by atoms with Crippen LogP contribution in [0.5, 0.6) is 5.75 Å². The molecule has 7 heteroatoms. The molecule has 0 bridgehead atoms. The Labute approximate surface area is 152 Å². The van der Waals surface area contributed by atoms with Crippen LogP contribution in [-0.4, -0.2) is 42.4 Å². The largest absolute Gasteiger partial charge is 0.496 e. The van der Waals surface area contributed by atoms with E-state index in [0.29, 0.717) is 18.9 Å². The van der Waals surface area contributed by atoms with Gasteiger partial charge in [-0.25, -0.2) is 4.68 Å². The molecule has 1 atom stereocenters. The van der Waals surface area contributed by atoms with Crippen LogP contribution in [0.2, 0.25) is 0 Å². The summed E-state index contributed by atoms with van der Waals surface area (Å²) < 4.78 is 6.60. The van der Waals surface area contributed by atoms with Gasteiger partial charge in [0.1, 0.15) is 5.75 Å². The van der Waals surface area contributed by atoms with E-state index in [9.17, 15) is 9.59 Å². The van der Waals surface area contributed by atoms with Gasteiger partial charge in [-0.3, -0.25) is 9.59 Å². The lowest BCUT2D eigenvalue weighted by molar-refractivity contribution is -0.120. The van der Waals surface area contributed by atoms with E-state index in [-0.39, 0.29) is 11.5 Å². The van der Waals surface area contributed by atoms with Gasteiger partial charge in [0.05, 0.1) is 25.4 Å². The molecule has 1 N–H and O–H groups in total. The first-order valence-corrected chi connectivity index (χ1v) is 8.73. The molecule has 0 radical (unpaired) electrons. The summed E-state index contributed by atoms with van der Waals surface area (Å²) in [6, 6.07) is 9.15. The predicted molar refractivity (Wildman–Crippen MR) is 99.5 cm³/mol. The van der Waals surface area contributed by atoms with Crippen LogP contribution in [0, 0.1) is 5.92 Å². The first-order chi connectivity index (χ1) is 12.6. The van der Waals surface area contributed by atoms with Crippen LogP contribution in [0.4, 0.5) is 5.69 Å². The number of carbonyl (C=O) groups excluding carboxylic acids is 1. The van der Waals surface area contributed by atoms with Gasteiger partial charge >= 0.3 is 0 Å². The third kappa shape index (κ3) is 4.22. The number of nitrogens with zero attached hydrogens (tertiary/aromatic N) is 3. The minimum Gasteiger partial charge on any atom is -0.496 e. The van der Waals surface area contributed by atoms with E-state index >= 15 is 0 Å². The van der Waals surface area contributed by atoms with Crippen molar-refractivity contribution in [1.29, 1.82) is 0 Å². The van der Waals surface area contributed by atoms with Crippen LogP contribution in [-0.2, 0) is 18.3 Å². The molecule has 3 rings (SSSR count). The lowest BCUT2D eigenvalue weighted by Crippen LogP contribution is -2.32. The number of benzene rings is 1. The van der Waals surface area contributed by atoms with Crippen LogP contribution in [0.25, 0.3) is 0 Å². The second kappa shape index (κ2) is 8.03. The van der Waals surface area contributed by atoms with Crippen molar-refractivity contribution in [2.45, 2.75) is 12.8 Å². The molecule has 0 saturated carbocycles. The summed E-state index contributed by atoms with van der Waals surface area (Å²) in [4.78, 5) is 26.1. The number of methoxy groups -OCH3 is 1. The van der Waals surface area contributed by atoms with Gasteiger partial charge in [-0.1, -0.05) is 18.2 Å². The van der Waals surface area contributed by atoms with Gasteiger partial charge in [-0.05, 0) is 18.4 Å². The van der Waals surface area contributed by atoms with Crippen molar-refractivity contribution in [2.75, 3.05) is 31.6 Å². The lowest BCUT2D eigenvalue weighted by atomic mass is 10.1. The molecule has 0 unspecified atom stereocenters. The Bertz CT molecular complexity index is 834. The fourth-order valence-electron chi connectivity index (χ4n) is 3.21. The summed E-state index contributed by atoms with van der Waals surface area (Å²) in [6.07, 6.45) is 2.99. The fourth-order valence-corrected chi connectivity index (χ4v) is 3.21. The van der Waals surface area contributed by atoms with Crippen LogP contribution in [0.3, 0.4) is 0 Å². The molecule has 1 aromatic heterocycles. The molecule has 0 aliphatic carbocycles. The first kappa shape index (κ1) is 18.0. The van der Waals surface area contributed by atoms with E-state index in [2.05, 4.69) is 15.3 Å². The van der Waals surface area contributed by atoms with E-state index in [0.717, 1.165) is 36.5 Å². The highest BCUT2D eigenvalue weighted by molar-refractivity contribution is 5.79. The normalized spacial score (nSPS) is 16.5. The highest BCUT2D eigenvalue weighted by Crippen LogP contribution is 2.22. The first-order valence-electron chi connectivity index (χ1n) is 8.73. The Morgan fingerprint density at radius 2 is 2.19 bits per heavy atom. The Balaban J connectivity index is 1.50. The van der Waals surface area contributed by atoms with E-state index in [1.54, 1.807) is 26.4 Å². The number of hydrogen-bond acceptors (Lipinski definition) is 5. The zero-order valence-corrected chi connectivity index (χ0v) is 15.1. The van der Waals surface area contributed by atoms with E-state index in [1.807, 2.05) is 24.3 Å². The number of ether oxygens (including phenoxy) is 1. The van der Waals surface area contributed by atoms with Crippen molar-refractivity contribution in [2.24, 2.45) is 13.0 Å². The molecule has 1 aromatic carbocycles. The maximum atomic E-state index is 12.2. The zero-order valence-electron chi connectivity index (χ0n) is 15.1. The number of anilines is 1. The van der Waals surface area contributed by atoms with Gasteiger partial charge in [-0.15, -0.1) is 0 Å². The standard InChI is InChI=1S/C19H24N4O3/c1-22-19(25)10-16(12-21-22)23-8-7-14(13-23)11-20-18(24)9-15-5-3-4-6-17(15)26-2/h3-6,10,12,14H,7-9,11,13H2,1-2H3,(H,20,24)/t14-/m1/s1. The minimum absolute atomic E-state index is 0.0109. The van der Waals surface area contributed by atoms with Crippen molar-refractivity contribution in [1.82, 2.24) is 15.1 Å². The smallest absolute Gasteiger partial charge is 0.268 e. The highest BCUT2D eigenvalue weighted by Gasteiger charge is 2.23. The number of rotatable bonds is 6. The maximum absolute atomic E-state index is 12.2. The monoisotopic (exact) mass is 356 g/mol. The van der Waals surface area contributed by atoms with Gasteiger partial charge in [0.15, 0.2) is 0 Å². The van der Waals surface area contributed by atoms with Crippen molar-refractivity contribution in [3.63, 3.8) is 0 Å². The lowest BCUT2D eigenvalue weighted by Gasteiger charge is -2.18. The third-order valence-corrected chi connectivity index (χ3v) is 4.74. The summed E-state index contributed by atoms with van der Waals surface area (Å²) in [5.41, 5.74) is 1.61. The number of aryl methyl sites for hydroxylation is 1. The van der Waals surface area contributed by atoms with E-state index in [4.69, 9.17) is 4.74 Å². The molecular weight excluding hydrogens is 332 g/mol. The van der Waals surface area contributed by atoms with Crippen LogP contribution in [0.1, 0.15) is 12.0 Å². The Kier molecular flexibility index (Phi) is 5.55. The molecule has 1 fully saturated rings. The molecule has 7 nitrogen and oxygen atoms in total. The summed E-state index contributed by atoms with van der Waals surface area (Å²) >= 11 is 0. The van der Waals surface area contributed by atoms with Crippen molar-refractivity contribution in [3.8, 4) is 5.75 Å². The number of para-hydroxylation sites is 1. The molecule has 1 amide bonds.